The molecule has 0 spiro atoms. The standard InChI is InChI=1S/C15H30O2/c1-3-4-5-6-7-8-9-10-11-12-13-14(2)15(16)17/h14H,3-13H2,1-2H3,(H,16,17)/t14-/m1/s1. The van der Waals surface area contributed by atoms with Crippen molar-refractivity contribution in [3.63, 3.8) is 0 Å². The van der Waals surface area contributed by atoms with Crippen LogP contribution in [0, 0.1) is 5.92 Å². The van der Waals surface area contributed by atoms with Crippen LogP contribution in [0.25, 0.3) is 0 Å². The van der Waals surface area contributed by atoms with E-state index in [0.717, 1.165) is 12.8 Å². The minimum absolute atomic E-state index is 0.163. The van der Waals surface area contributed by atoms with Crippen LogP contribution in [0.15, 0.2) is 0 Å². The summed E-state index contributed by atoms with van der Waals surface area (Å²) in [5, 5.41) is 8.73. The van der Waals surface area contributed by atoms with Gasteiger partial charge in [-0.05, 0) is 6.42 Å². The zero-order valence-corrected chi connectivity index (χ0v) is 11.7. The van der Waals surface area contributed by atoms with Crippen molar-refractivity contribution in [2.75, 3.05) is 0 Å². The van der Waals surface area contributed by atoms with Crippen LogP contribution in [-0.2, 0) is 4.79 Å². The smallest absolute Gasteiger partial charge is 0.306 e. The molecule has 0 radical (unpaired) electrons. The fourth-order valence-corrected chi connectivity index (χ4v) is 2.06. The van der Waals surface area contributed by atoms with Gasteiger partial charge < -0.3 is 5.11 Å². The number of carbonyl (C=O) groups is 1. The molecule has 17 heavy (non-hydrogen) atoms. The average molecular weight is 242 g/mol. The molecule has 2 nitrogen and oxygen atoms in total. The minimum Gasteiger partial charge on any atom is -0.481 e. The molecular weight excluding hydrogens is 212 g/mol. The zero-order valence-electron chi connectivity index (χ0n) is 11.7. The van der Waals surface area contributed by atoms with Crippen LogP contribution in [0.3, 0.4) is 0 Å². The number of aliphatic carboxylic acids is 1. The van der Waals surface area contributed by atoms with Crippen molar-refractivity contribution < 1.29 is 9.90 Å². The van der Waals surface area contributed by atoms with Crippen molar-refractivity contribution >= 4 is 5.97 Å². The molecule has 0 aliphatic carbocycles. The molecule has 2 heteroatoms. The molecule has 0 aromatic heterocycles. The predicted octanol–water partition coefficient (Wildman–Crippen LogP) is 5.02. The third-order valence-electron chi connectivity index (χ3n) is 3.41. The lowest BCUT2D eigenvalue weighted by Gasteiger charge is -2.05. The maximum atomic E-state index is 10.6. The Bertz CT molecular complexity index is 178. The van der Waals surface area contributed by atoms with Crippen LogP contribution in [-0.4, -0.2) is 11.1 Å². The highest BCUT2D eigenvalue weighted by atomic mass is 16.4. The molecule has 0 amide bonds. The van der Waals surface area contributed by atoms with E-state index < -0.39 is 5.97 Å². The Morgan fingerprint density at radius 3 is 1.71 bits per heavy atom. The number of hydrogen-bond donors (Lipinski definition) is 1. The van der Waals surface area contributed by atoms with Crippen molar-refractivity contribution in [1.29, 1.82) is 0 Å². The molecule has 0 saturated heterocycles. The van der Waals surface area contributed by atoms with Crippen LogP contribution in [0.4, 0.5) is 0 Å². The highest BCUT2D eigenvalue weighted by Gasteiger charge is 2.09. The van der Waals surface area contributed by atoms with Gasteiger partial charge in [0.25, 0.3) is 0 Å². The highest BCUT2D eigenvalue weighted by molar-refractivity contribution is 5.69. The second kappa shape index (κ2) is 11.9. The lowest BCUT2D eigenvalue weighted by atomic mass is 10.0. The molecule has 1 N–H and O–H groups in total. The number of unbranched alkanes of at least 4 members (excludes halogenated alkanes) is 9. The second-order valence-electron chi connectivity index (χ2n) is 5.21. The summed E-state index contributed by atoms with van der Waals surface area (Å²) in [6.07, 6.45) is 13.9. The topological polar surface area (TPSA) is 37.3 Å². The van der Waals surface area contributed by atoms with Gasteiger partial charge in [0.1, 0.15) is 0 Å². The van der Waals surface area contributed by atoms with Crippen molar-refractivity contribution in [3.8, 4) is 0 Å². The molecule has 102 valence electrons. The first-order chi connectivity index (χ1) is 8.18. The maximum Gasteiger partial charge on any atom is 0.306 e. The first-order valence-electron chi connectivity index (χ1n) is 7.41. The van der Waals surface area contributed by atoms with Crippen LogP contribution in [0.2, 0.25) is 0 Å². The number of hydrogen-bond acceptors (Lipinski definition) is 1. The van der Waals surface area contributed by atoms with Crippen LogP contribution in [0.1, 0.15) is 84.5 Å². The first kappa shape index (κ1) is 16.5. The predicted molar refractivity (Wildman–Crippen MR) is 73.3 cm³/mol. The van der Waals surface area contributed by atoms with E-state index in [1.807, 2.05) is 0 Å². The Morgan fingerprint density at radius 2 is 1.29 bits per heavy atom. The molecule has 0 fully saturated rings. The lowest BCUT2D eigenvalue weighted by molar-refractivity contribution is -0.141. The van der Waals surface area contributed by atoms with Crippen molar-refractivity contribution in [2.24, 2.45) is 5.92 Å². The second-order valence-corrected chi connectivity index (χ2v) is 5.21. The van der Waals surface area contributed by atoms with Gasteiger partial charge in [-0.2, -0.15) is 0 Å². The SMILES string of the molecule is CCCCCCCCCCCC[C@@H](C)C(=O)O. The van der Waals surface area contributed by atoms with Gasteiger partial charge in [0.05, 0.1) is 5.92 Å². The van der Waals surface area contributed by atoms with E-state index in [4.69, 9.17) is 5.11 Å². The molecule has 0 rings (SSSR count). The van der Waals surface area contributed by atoms with Gasteiger partial charge in [-0.1, -0.05) is 78.1 Å². The van der Waals surface area contributed by atoms with Gasteiger partial charge >= 0.3 is 5.97 Å². The largest absolute Gasteiger partial charge is 0.481 e. The van der Waals surface area contributed by atoms with Crippen LogP contribution in [0.5, 0.6) is 0 Å². The Balaban J connectivity index is 3.06. The van der Waals surface area contributed by atoms with Gasteiger partial charge in [0.2, 0.25) is 0 Å². The Kier molecular flexibility index (Phi) is 11.6. The summed E-state index contributed by atoms with van der Waals surface area (Å²) in [5.41, 5.74) is 0. The molecular formula is C15H30O2. The molecule has 0 heterocycles. The Morgan fingerprint density at radius 1 is 0.882 bits per heavy atom. The fourth-order valence-electron chi connectivity index (χ4n) is 2.06. The zero-order chi connectivity index (χ0) is 12.9. The van der Waals surface area contributed by atoms with E-state index in [1.54, 1.807) is 6.92 Å². The van der Waals surface area contributed by atoms with Crippen LogP contribution >= 0.6 is 0 Å². The lowest BCUT2D eigenvalue weighted by Crippen LogP contribution is -2.08. The molecule has 0 saturated carbocycles. The van der Waals surface area contributed by atoms with Gasteiger partial charge in [-0.25, -0.2) is 0 Å². The highest BCUT2D eigenvalue weighted by Crippen LogP contribution is 2.13. The van der Waals surface area contributed by atoms with Gasteiger partial charge in [0.15, 0.2) is 0 Å². The van der Waals surface area contributed by atoms with E-state index in [0.29, 0.717) is 0 Å². The summed E-state index contributed by atoms with van der Waals surface area (Å²) in [7, 11) is 0. The monoisotopic (exact) mass is 242 g/mol. The normalized spacial score (nSPS) is 12.6. The third kappa shape index (κ3) is 11.7. The molecule has 0 unspecified atom stereocenters. The molecule has 0 aromatic rings. The van der Waals surface area contributed by atoms with Crippen molar-refractivity contribution in [2.45, 2.75) is 84.5 Å². The van der Waals surface area contributed by atoms with E-state index in [9.17, 15) is 4.79 Å². The third-order valence-corrected chi connectivity index (χ3v) is 3.41. The summed E-state index contributed by atoms with van der Waals surface area (Å²) in [5.74, 6) is -0.815. The van der Waals surface area contributed by atoms with E-state index >= 15 is 0 Å². The fraction of sp³-hybridized carbons (Fsp3) is 0.933. The molecule has 0 aromatic carbocycles. The molecule has 1 atom stereocenters. The molecule has 0 bridgehead atoms. The summed E-state index contributed by atoms with van der Waals surface area (Å²) in [6.45, 7) is 4.05. The minimum atomic E-state index is -0.652. The van der Waals surface area contributed by atoms with Crippen molar-refractivity contribution in [1.82, 2.24) is 0 Å². The molecule has 0 aliphatic heterocycles. The Labute approximate surface area is 107 Å². The maximum absolute atomic E-state index is 10.6. The Hall–Kier alpha value is -0.530. The number of rotatable bonds is 12. The van der Waals surface area contributed by atoms with Crippen LogP contribution < -0.4 is 0 Å². The summed E-state index contributed by atoms with van der Waals surface area (Å²) in [6, 6.07) is 0. The van der Waals surface area contributed by atoms with Gasteiger partial charge in [0, 0.05) is 0 Å². The summed E-state index contributed by atoms with van der Waals surface area (Å²) >= 11 is 0. The van der Waals surface area contributed by atoms with Crippen molar-refractivity contribution in [3.05, 3.63) is 0 Å². The quantitative estimate of drug-likeness (QED) is 0.488. The number of carboxylic acids is 1. The molecule has 0 aliphatic rings. The summed E-state index contributed by atoms with van der Waals surface area (Å²) < 4.78 is 0. The van der Waals surface area contributed by atoms with E-state index in [2.05, 4.69) is 6.92 Å². The first-order valence-corrected chi connectivity index (χ1v) is 7.41. The van der Waals surface area contributed by atoms with E-state index in [1.165, 1.54) is 57.8 Å². The van der Waals surface area contributed by atoms with Gasteiger partial charge in [-0.15, -0.1) is 0 Å². The van der Waals surface area contributed by atoms with E-state index in [-0.39, 0.29) is 5.92 Å². The average Bonchev–Trinajstić information content (AvgIpc) is 2.31. The van der Waals surface area contributed by atoms with Gasteiger partial charge in [-0.3, -0.25) is 4.79 Å². The number of carboxylic acid groups (broad SMARTS) is 1. The summed E-state index contributed by atoms with van der Waals surface area (Å²) in [4.78, 5) is 10.6.